The quantitative estimate of drug-likeness (QED) is 0.159. The van der Waals surface area contributed by atoms with Crippen LogP contribution in [0.3, 0.4) is 0 Å². The SMILES string of the molecule is C=CCc1cc(/C=C2/SC(=O)N(CCCc3ccccc3)C2=O)cc(OCC)c1OCc1ccc(Cl)cc1Cl. The fourth-order valence-electron chi connectivity index (χ4n) is 4.22. The third-order valence-corrected chi connectivity index (χ3v) is 7.56. The Hall–Kier alpha value is -3.19. The number of thioether (sulfide) groups is 1. The maximum atomic E-state index is 13.1. The van der Waals surface area contributed by atoms with Crippen LogP contribution in [-0.4, -0.2) is 29.2 Å². The molecule has 4 rings (SSSR count). The topological polar surface area (TPSA) is 55.8 Å². The van der Waals surface area contributed by atoms with Crippen LogP contribution in [0.4, 0.5) is 4.79 Å². The Labute approximate surface area is 243 Å². The van der Waals surface area contributed by atoms with Crippen molar-refractivity contribution in [3.63, 3.8) is 0 Å². The van der Waals surface area contributed by atoms with Gasteiger partial charge in [-0.3, -0.25) is 14.5 Å². The molecule has 39 heavy (non-hydrogen) atoms. The maximum Gasteiger partial charge on any atom is 0.293 e. The van der Waals surface area contributed by atoms with Gasteiger partial charge < -0.3 is 9.47 Å². The first-order valence-corrected chi connectivity index (χ1v) is 14.2. The van der Waals surface area contributed by atoms with Gasteiger partial charge in [0.2, 0.25) is 0 Å². The second-order valence-electron chi connectivity index (χ2n) is 8.88. The van der Waals surface area contributed by atoms with Crippen molar-refractivity contribution in [2.24, 2.45) is 0 Å². The van der Waals surface area contributed by atoms with Crippen LogP contribution in [0, 0.1) is 0 Å². The smallest absolute Gasteiger partial charge is 0.293 e. The summed E-state index contributed by atoms with van der Waals surface area (Å²) in [5, 5.41) is 0.813. The molecular formula is C31H29Cl2NO4S. The van der Waals surface area contributed by atoms with Gasteiger partial charge in [0.15, 0.2) is 11.5 Å². The molecule has 0 N–H and O–H groups in total. The van der Waals surface area contributed by atoms with E-state index in [-0.39, 0.29) is 17.8 Å². The van der Waals surface area contributed by atoms with Gasteiger partial charge in [0.25, 0.3) is 11.1 Å². The van der Waals surface area contributed by atoms with Gasteiger partial charge in [-0.25, -0.2) is 0 Å². The van der Waals surface area contributed by atoms with Crippen molar-refractivity contribution in [3.05, 3.63) is 111 Å². The minimum Gasteiger partial charge on any atom is -0.490 e. The van der Waals surface area contributed by atoms with E-state index < -0.39 is 0 Å². The summed E-state index contributed by atoms with van der Waals surface area (Å²) >= 11 is 13.3. The molecule has 1 saturated heterocycles. The normalized spacial score (nSPS) is 14.2. The molecule has 1 aliphatic heterocycles. The average molecular weight is 583 g/mol. The van der Waals surface area contributed by atoms with E-state index in [9.17, 15) is 9.59 Å². The van der Waals surface area contributed by atoms with Crippen molar-refractivity contribution < 1.29 is 19.1 Å². The average Bonchev–Trinajstić information content (AvgIpc) is 3.17. The van der Waals surface area contributed by atoms with Crippen molar-refractivity contribution in [1.29, 1.82) is 0 Å². The van der Waals surface area contributed by atoms with Crippen molar-refractivity contribution in [1.82, 2.24) is 4.90 Å². The van der Waals surface area contributed by atoms with Crippen LogP contribution < -0.4 is 9.47 Å². The minimum absolute atomic E-state index is 0.224. The molecule has 1 heterocycles. The van der Waals surface area contributed by atoms with Crippen molar-refractivity contribution in [2.75, 3.05) is 13.2 Å². The van der Waals surface area contributed by atoms with Crippen LogP contribution in [0.2, 0.25) is 10.0 Å². The van der Waals surface area contributed by atoms with Gasteiger partial charge in [0.05, 0.1) is 11.5 Å². The fourth-order valence-corrected chi connectivity index (χ4v) is 5.55. The van der Waals surface area contributed by atoms with Crippen molar-refractivity contribution in [2.45, 2.75) is 32.8 Å². The lowest BCUT2D eigenvalue weighted by atomic mass is 10.0. The van der Waals surface area contributed by atoms with Gasteiger partial charge in [0, 0.05) is 27.7 Å². The number of halogens is 2. The molecule has 3 aromatic carbocycles. The first-order chi connectivity index (χ1) is 18.9. The number of allylic oxidation sites excluding steroid dienone is 1. The predicted octanol–water partition coefficient (Wildman–Crippen LogP) is 8.37. The van der Waals surface area contributed by atoms with Crippen LogP contribution >= 0.6 is 35.0 Å². The van der Waals surface area contributed by atoms with E-state index in [0.717, 1.165) is 34.9 Å². The monoisotopic (exact) mass is 581 g/mol. The van der Waals surface area contributed by atoms with Gasteiger partial charge >= 0.3 is 0 Å². The summed E-state index contributed by atoms with van der Waals surface area (Å²) < 4.78 is 12.1. The predicted molar refractivity (Wildman–Crippen MR) is 160 cm³/mol. The lowest BCUT2D eigenvalue weighted by molar-refractivity contribution is -0.122. The number of rotatable bonds is 12. The van der Waals surface area contributed by atoms with Crippen LogP contribution in [0.1, 0.15) is 35.6 Å². The highest BCUT2D eigenvalue weighted by atomic mass is 35.5. The number of nitrogens with zero attached hydrogens (tertiary/aromatic N) is 1. The zero-order valence-electron chi connectivity index (χ0n) is 21.6. The number of ether oxygens (including phenoxy) is 2. The number of imide groups is 1. The Morgan fingerprint density at radius 1 is 1.00 bits per heavy atom. The lowest BCUT2D eigenvalue weighted by Crippen LogP contribution is -2.29. The highest BCUT2D eigenvalue weighted by Crippen LogP contribution is 2.38. The summed E-state index contributed by atoms with van der Waals surface area (Å²) in [6.45, 7) is 6.79. The van der Waals surface area contributed by atoms with E-state index in [1.54, 1.807) is 24.3 Å². The Kier molecular flexibility index (Phi) is 10.2. The molecule has 0 spiro atoms. The highest BCUT2D eigenvalue weighted by Gasteiger charge is 2.34. The maximum absolute atomic E-state index is 13.1. The molecule has 0 aliphatic carbocycles. The molecule has 1 aliphatic rings. The van der Waals surface area contributed by atoms with E-state index >= 15 is 0 Å². The van der Waals surface area contributed by atoms with Crippen molar-refractivity contribution in [3.8, 4) is 11.5 Å². The first-order valence-electron chi connectivity index (χ1n) is 12.7. The number of aryl methyl sites for hydroxylation is 1. The summed E-state index contributed by atoms with van der Waals surface area (Å²) in [5.41, 5.74) is 3.55. The van der Waals surface area contributed by atoms with Gasteiger partial charge in [-0.1, -0.05) is 65.7 Å². The van der Waals surface area contributed by atoms with E-state index in [1.165, 1.54) is 10.5 Å². The molecule has 0 atom stereocenters. The van der Waals surface area contributed by atoms with E-state index in [2.05, 4.69) is 6.58 Å². The van der Waals surface area contributed by atoms with E-state index in [0.29, 0.717) is 52.4 Å². The summed E-state index contributed by atoms with van der Waals surface area (Å²) in [6, 6.07) is 19.0. The highest BCUT2D eigenvalue weighted by molar-refractivity contribution is 8.18. The molecule has 202 valence electrons. The summed E-state index contributed by atoms with van der Waals surface area (Å²) in [4.78, 5) is 27.4. The molecule has 0 bridgehead atoms. The molecule has 0 saturated carbocycles. The number of carbonyl (C=O) groups excluding carboxylic acids is 2. The Morgan fingerprint density at radius 2 is 1.79 bits per heavy atom. The molecule has 1 fully saturated rings. The molecular weight excluding hydrogens is 553 g/mol. The molecule has 0 radical (unpaired) electrons. The lowest BCUT2D eigenvalue weighted by Gasteiger charge is -2.17. The van der Waals surface area contributed by atoms with Gasteiger partial charge in [0.1, 0.15) is 6.61 Å². The van der Waals surface area contributed by atoms with Gasteiger partial charge in [-0.05, 0) is 79.4 Å². The number of amides is 2. The zero-order valence-corrected chi connectivity index (χ0v) is 24.0. The third kappa shape index (κ3) is 7.47. The third-order valence-electron chi connectivity index (χ3n) is 6.07. The largest absolute Gasteiger partial charge is 0.490 e. The molecule has 0 aromatic heterocycles. The number of hydrogen-bond donors (Lipinski definition) is 0. The molecule has 2 amide bonds. The second kappa shape index (κ2) is 13.7. The number of hydrogen-bond acceptors (Lipinski definition) is 5. The summed E-state index contributed by atoms with van der Waals surface area (Å²) in [7, 11) is 0. The fraction of sp³-hybridized carbons (Fsp3) is 0.226. The zero-order chi connectivity index (χ0) is 27.8. The van der Waals surface area contributed by atoms with Gasteiger partial charge in [-0.2, -0.15) is 0 Å². The first kappa shape index (κ1) is 28.8. The second-order valence-corrected chi connectivity index (χ2v) is 10.7. The summed E-state index contributed by atoms with van der Waals surface area (Å²) in [5.74, 6) is 0.836. The Morgan fingerprint density at radius 3 is 2.51 bits per heavy atom. The molecule has 8 heteroatoms. The van der Waals surface area contributed by atoms with E-state index in [4.69, 9.17) is 32.7 Å². The van der Waals surface area contributed by atoms with E-state index in [1.807, 2.05) is 55.5 Å². The van der Waals surface area contributed by atoms with Gasteiger partial charge in [-0.15, -0.1) is 6.58 Å². The Bertz CT molecular complexity index is 1390. The number of benzene rings is 3. The van der Waals surface area contributed by atoms with Crippen molar-refractivity contribution >= 4 is 52.2 Å². The van der Waals surface area contributed by atoms with Crippen LogP contribution in [-0.2, 0) is 24.2 Å². The molecule has 0 unspecified atom stereocenters. The number of carbonyl (C=O) groups is 2. The van der Waals surface area contributed by atoms with Crippen LogP contribution in [0.25, 0.3) is 6.08 Å². The standard InChI is InChI=1S/C31H29Cl2NO4S/c1-3-9-23-16-22(17-27(37-4-2)29(23)38-20-24-13-14-25(32)19-26(24)33)18-28-30(35)34(31(36)39-28)15-8-12-21-10-6-5-7-11-21/h3,5-7,10-11,13-14,16-19H,1,4,8-9,12,15,20H2,2H3/b28-18+. The summed E-state index contributed by atoms with van der Waals surface area (Å²) in [6.07, 6.45) is 5.53. The Balaban J connectivity index is 1.54. The minimum atomic E-state index is -0.279. The van der Waals surface area contributed by atoms with Crippen LogP contribution in [0.15, 0.2) is 78.2 Å². The van der Waals surface area contributed by atoms with Crippen LogP contribution in [0.5, 0.6) is 11.5 Å². The molecule has 5 nitrogen and oxygen atoms in total. The molecule has 3 aromatic rings.